The number of carbonyl (C=O) groups excluding carboxylic acids is 8. The van der Waals surface area contributed by atoms with Crippen LogP contribution in [-0.4, -0.2) is 84.1 Å². The van der Waals surface area contributed by atoms with E-state index in [4.69, 9.17) is 14.2 Å². The van der Waals surface area contributed by atoms with Gasteiger partial charge in [0.2, 0.25) is 0 Å². The normalized spacial score (nSPS) is 15.4. The van der Waals surface area contributed by atoms with Gasteiger partial charge in [0.05, 0.1) is 38.9 Å². The summed E-state index contributed by atoms with van der Waals surface area (Å²) in [5.41, 5.74) is 0. The summed E-state index contributed by atoms with van der Waals surface area (Å²) in [6.45, 7) is -0.307. The van der Waals surface area contributed by atoms with E-state index in [2.05, 4.69) is 9.68 Å². The van der Waals surface area contributed by atoms with Gasteiger partial charge in [-0.25, -0.2) is 9.59 Å². The molecule has 2 rings (SSSR count). The summed E-state index contributed by atoms with van der Waals surface area (Å²) in [4.78, 5) is 101. The Bertz CT molecular complexity index is 782. The second-order valence-electron chi connectivity index (χ2n) is 7.14. The van der Waals surface area contributed by atoms with Crippen molar-refractivity contribution in [2.24, 2.45) is 0 Å². The number of esters is 2. The van der Waals surface area contributed by atoms with Crippen LogP contribution in [-0.2, 0) is 62.2 Å². The zero-order valence-corrected chi connectivity index (χ0v) is 18.7. The second-order valence-corrected chi connectivity index (χ2v) is 7.14. The lowest BCUT2D eigenvalue weighted by atomic mass is 10.3. The number of hydrogen-bond acceptors (Lipinski definition) is 13. The first-order valence-electron chi connectivity index (χ1n) is 10.7. The summed E-state index contributed by atoms with van der Waals surface area (Å²) in [5.74, 6) is -5.77. The van der Waals surface area contributed by atoms with E-state index in [0.717, 1.165) is 0 Å². The molecule has 4 amide bonds. The largest absolute Gasteiger partial charge is 0.463 e. The lowest BCUT2D eigenvalue weighted by molar-refractivity contribution is -0.197. The van der Waals surface area contributed by atoms with Crippen molar-refractivity contribution in [2.45, 2.75) is 51.4 Å². The molecule has 15 nitrogen and oxygen atoms in total. The fourth-order valence-corrected chi connectivity index (χ4v) is 2.69. The first-order chi connectivity index (χ1) is 16.7. The molecular formula is C20H24N2O13. The van der Waals surface area contributed by atoms with E-state index < -0.39 is 47.5 Å². The Hall–Kier alpha value is -3.88. The van der Waals surface area contributed by atoms with Crippen molar-refractivity contribution in [1.82, 2.24) is 10.1 Å². The highest BCUT2D eigenvalue weighted by atomic mass is 16.7. The lowest BCUT2D eigenvalue weighted by Crippen LogP contribution is -2.32. The summed E-state index contributed by atoms with van der Waals surface area (Å²) in [6, 6.07) is 0. The van der Waals surface area contributed by atoms with Crippen LogP contribution in [0.4, 0.5) is 0 Å². The molecule has 2 aliphatic heterocycles. The smallest absolute Gasteiger partial charge is 0.333 e. The van der Waals surface area contributed by atoms with E-state index in [0.29, 0.717) is 10.1 Å². The quantitative estimate of drug-likeness (QED) is 0.158. The average Bonchev–Trinajstić information content (AvgIpc) is 3.31. The molecule has 0 atom stereocenters. The number of carbonyl (C=O) groups is 8. The van der Waals surface area contributed by atoms with Crippen molar-refractivity contribution in [1.29, 1.82) is 0 Å². The number of nitrogens with zero attached hydrogens (tertiary/aromatic N) is 2. The van der Waals surface area contributed by atoms with E-state index in [1.54, 1.807) is 0 Å². The third kappa shape index (κ3) is 9.48. The fraction of sp³-hybridized carbons (Fsp3) is 0.600. The maximum Gasteiger partial charge on any atom is 0.333 e. The molecule has 0 radical (unpaired) electrons. The van der Waals surface area contributed by atoms with Crippen molar-refractivity contribution < 1.29 is 62.2 Å². The van der Waals surface area contributed by atoms with Crippen LogP contribution in [0.3, 0.4) is 0 Å². The average molecular weight is 500 g/mol. The lowest BCUT2D eigenvalue weighted by Gasteiger charge is -2.12. The molecule has 35 heavy (non-hydrogen) atoms. The van der Waals surface area contributed by atoms with Crippen molar-refractivity contribution in [2.75, 3.05) is 26.4 Å². The highest BCUT2D eigenvalue weighted by Gasteiger charge is 2.33. The van der Waals surface area contributed by atoms with Crippen molar-refractivity contribution in [3.8, 4) is 0 Å². The third-order valence-electron chi connectivity index (χ3n) is 4.45. The molecule has 2 heterocycles. The Kier molecular flexibility index (Phi) is 10.7. The standard InChI is InChI=1S/C20H24N2O13/c23-13-1-2-14(24)21(13)34-19(29)7-5-17(27)32-11-9-31-10-12-33-18(28)6-8-20(30)35-22-15(25)3-4-16(22)26/h1-12H2. The molecule has 192 valence electrons. The first-order valence-corrected chi connectivity index (χ1v) is 10.7. The predicted octanol–water partition coefficient (Wildman–Crippen LogP) is -1.14. The minimum Gasteiger partial charge on any atom is -0.463 e. The first kappa shape index (κ1) is 27.4. The molecule has 0 aromatic rings. The summed E-state index contributed by atoms with van der Waals surface area (Å²) in [7, 11) is 0. The molecule has 2 saturated heterocycles. The number of amides is 4. The molecule has 0 aliphatic carbocycles. The minimum absolute atomic E-state index is 0.0191. The van der Waals surface area contributed by atoms with Crippen LogP contribution in [0, 0.1) is 0 Å². The van der Waals surface area contributed by atoms with E-state index in [9.17, 15) is 38.4 Å². The third-order valence-corrected chi connectivity index (χ3v) is 4.45. The van der Waals surface area contributed by atoms with Crippen LogP contribution in [0.5, 0.6) is 0 Å². The van der Waals surface area contributed by atoms with Gasteiger partial charge in [-0.05, 0) is 0 Å². The molecule has 2 aliphatic rings. The molecule has 0 spiro atoms. The van der Waals surface area contributed by atoms with Gasteiger partial charge in [-0.2, -0.15) is 0 Å². The van der Waals surface area contributed by atoms with E-state index in [-0.39, 0.29) is 77.8 Å². The Balaban J connectivity index is 1.43. The minimum atomic E-state index is -0.921. The monoisotopic (exact) mass is 500 g/mol. The fourth-order valence-electron chi connectivity index (χ4n) is 2.69. The Morgan fingerprint density at radius 2 is 0.829 bits per heavy atom. The second kappa shape index (κ2) is 13.7. The SMILES string of the molecule is O=C(CCC(=O)ON1C(=O)CCC1=O)OCCOCCOC(=O)CCC(=O)ON1C(=O)CCC1=O. The molecule has 0 aromatic carbocycles. The molecule has 15 heteroatoms. The van der Waals surface area contributed by atoms with Gasteiger partial charge in [0.25, 0.3) is 23.6 Å². The molecule has 0 saturated carbocycles. The predicted molar refractivity (Wildman–Crippen MR) is 106 cm³/mol. The van der Waals surface area contributed by atoms with Gasteiger partial charge in [-0.1, -0.05) is 0 Å². The number of hydroxylamine groups is 4. The Morgan fingerprint density at radius 3 is 1.17 bits per heavy atom. The molecule has 0 unspecified atom stereocenters. The highest BCUT2D eigenvalue weighted by molar-refractivity contribution is 6.02. The summed E-state index contributed by atoms with van der Waals surface area (Å²) in [6.07, 6.45) is -1.55. The van der Waals surface area contributed by atoms with Gasteiger partial charge in [0.15, 0.2) is 0 Å². The summed E-state index contributed by atoms with van der Waals surface area (Å²) in [5, 5.41) is 0.776. The molecule has 2 fully saturated rings. The topological polar surface area (TPSA) is 189 Å². The number of imide groups is 2. The zero-order valence-electron chi connectivity index (χ0n) is 18.7. The van der Waals surface area contributed by atoms with E-state index >= 15 is 0 Å². The maximum atomic E-state index is 11.6. The van der Waals surface area contributed by atoms with Crippen LogP contribution < -0.4 is 0 Å². The molecular weight excluding hydrogens is 476 g/mol. The highest BCUT2D eigenvalue weighted by Crippen LogP contribution is 2.14. The van der Waals surface area contributed by atoms with Crippen molar-refractivity contribution >= 4 is 47.5 Å². The van der Waals surface area contributed by atoms with Gasteiger partial charge in [0, 0.05) is 25.7 Å². The van der Waals surface area contributed by atoms with Gasteiger partial charge in [-0.3, -0.25) is 28.8 Å². The van der Waals surface area contributed by atoms with Crippen LogP contribution >= 0.6 is 0 Å². The molecule has 0 bridgehead atoms. The van der Waals surface area contributed by atoms with E-state index in [1.165, 1.54) is 0 Å². The van der Waals surface area contributed by atoms with Crippen LogP contribution in [0.15, 0.2) is 0 Å². The van der Waals surface area contributed by atoms with Gasteiger partial charge in [0.1, 0.15) is 13.2 Å². The maximum absolute atomic E-state index is 11.6. The molecule has 0 aromatic heterocycles. The van der Waals surface area contributed by atoms with Gasteiger partial charge < -0.3 is 23.9 Å². The van der Waals surface area contributed by atoms with Crippen LogP contribution in [0.2, 0.25) is 0 Å². The number of hydrogen-bond donors (Lipinski definition) is 0. The van der Waals surface area contributed by atoms with E-state index in [1.807, 2.05) is 0 Å². The van der Waals surface area contributed by atoms with Crippen LogP contribution in [0.1, 0.15) is 51.4 Å². The Morgan fingerprint density at radius 1 is 0.514 bits per heavy atom. The number of ether oxygens (including phenoxy) is 3. The van der Waals surface area contributed by atoms with Crippen molar-refractivity contribution in [3.63, 3.8) is 0 Å². The summed E-state index contributed by atoms with van der Waals surface area (Å²) >= 11 is 0. The van der Waals surface area contributed by atoms with Crippen molar-refractivity contribution in [3.05, 3.63) is 0 Å². The van der Waals surface area contributed by atoms with Gasteiger partial charge in [-0.15, -0.1) is 10.1 Å². The van der Waals surface area contributed by atoms with Gasteiger partial charge >= 0.3 is 23.9 Å². The van der Waals surface area contributed by atoms with Crippen LogP contribution in [0.25, 0.3) is 0 Å². The zero-order chi connectivity index (χ0) is 25.8. The molecule has 0 N–H and O–H groups in total. The Labute approximate surface area is 198 Å². The number of rotatable bonds is 14. The summed E-state index contributed by atoms with van der Waals surface area (Å²) < 4.78 is 14.8.